The molecule has 0 aliphatic rings. The first-order valence-corrected chi connectivity index (χ1v) is 34.8. The molecule has 0 atom stereocenters. The van der Waals surface area contributed by atoms with Crippen molar-refractivity contribution in [2.24, 2.45) is 0 Å². The standard InChI is InChI=1S/C32H46O4.C25H40O4.C18H34O4/c33-31(35-27-29-21-15-13-16-22-29)25-19-11-9-7-5-3-1-2-4-6-8-10-12-20-26-32(34)36-28-30-23-17-14-18-24-30;26-24(27)20-16-11-9-7-5-3-1-2-4-6-8-10-12-17-21-25(28)29-22-23-18-14-13-15-19-23;19-17(20)15-13-11-9-7-5-3-1-2-4-6-8-10-12-14-16-18(21)22/h13-18,21-24H,1-12,19-20,25-28H2;13-15,18-19H,1-12,16-17,20-22H2,(H,26,27);1-16H2,(H,19,20)(H,21,22). The van der Waals surface area contributed by atoms with E-state index in [-0.39, 0.29) is 17.9 Å². The normalized spacial score (nSPS) is 10.8. The van der Waals surface area contributed by atoms with Gasteiger partial charge in [0.05, 0.1) is 0 Å². The Bertz CT molecular complexity index is 1950. The molecule has 12 heteroatoms. The van der Waals surface area contributed by atoms with Crippen molar-refractivity contribution in [2.75, 3.05) is 0 Å². The van der Waals surface area contributed by atoms with Gasteiger partial charge in [0, 0.05) is 38.5 Å². The van der Waals surface area contributed by atoms with Crippen LogP contribution in [0.2, 0.25) is 0 Å². The molecule has 0 saturated carbocycles. The van der Waals surface area contributed by atoms with Crippen LogP contribution in [-0.4, -0.2) is 51.1 Å². The van der Waals surface area contributed by atoms with Crippen LogP contribution in [-0.2, 0) is 62.8 Å². The van der Waals surface area contributed by atoms with Crippen molar-refractivity contribution in [3.8, 4) is 0 Å². The Morgan fingerprint density at radius 1 is 0.207 bits per heavy atom. The van der Waals surface area contributed by atoms with E-state index < -0.39 is 17.9 Å². The summed E-state index contributed by atoms with van der Waals surface area (Å²) in [5.41, 5.74) is 3.12. The number of hydrogen-bond donors (Lipinski definition) is 3. The number of hydrogen-bond acceptors (Lipinski definition) is 9. The fourth-order valence-electron chi connectivity index (χ4n) is 10.4. The van der Waals surface area contributed by atoms with Crippen LogP contribution in [0.4, 0.5) is 0 Å². The first-order valence-electron chi connectivity index (χ1n) is 34.8. The molecule has 0 radical (unpaired) electrons. The molecule has 0 amide bonds. The topological polar surface area (TPSA) is 191 Å². The van der Waals surface area contributed by atoms with Crippen molar-refractivity contribution in [1.82, 2.24) is 0 Å². The third-order valence-electron chi connectivity index (χ3n) is 15.8. The van der Waals surface area contributed by atoms with Crippen LogP contribution in [0.5, 0.6) is 0 Å². The largest absolute Gasteiger partial charge is 0.481 e. The molecule has 87 heavy (non-hydrogen) atoms. The zero-order valence-electron chi connectivity index (χ0n) is 54.2. The summed E-state index contributed by atoms with van der Waals surface area (Å²) in [6.45, 7) is 1.14. The van der Waals surface area contributed by atoms with Crippen LogP contribution < -0.4 is 0 Å². The van der Waals surface area contributed by atoms with Gasteiger partial charge in [-0.25, -0.2) is 0 Å². The van der Waals surface area contributed by atoms with Gasteiger partial charge in [0.15, 0.2) is 0 Å². The van der Waals surface area contributed by atoms with Gasteiger partial charge in [0.25, 0.3) is 0 Å². The lowest BCUT2D eigenvalue weighted by atomic mass is 10.0. The van der Waals surface area contributed by atoms with Crippen molar-refractivity contribution in [1.29, 1.82) is 0 Å². The molecule has 3 rings (SSSR count). The molecule has 3 aromatic rings. The number of esters is 3. The highest BCUT2D eigenvalue weighted by atomic mass is 16.5. The van der Waals surface area contributed by atoms with Gasteiger partial charge >= 0.3 is 35.8 Å². The molecule has 0 aromatic heterocycles. The molecule has 0 fully saturated rings. The lowest BCUT2D eigenvalue weighted by Gasteiger charge is -2.06. The quantitative estimate of drug-likeness (QED) is 0.0276. The van der Waals surface area contributed by atoms with Crippen LogP contribution in [0.25, 0.3) is 0 Å². The Hall–Kier alpha value is -5.52. The second kappa shape index (κ2) is 62.1. The summed E-state index contributed by atoms with van der Waals surface area (Å²) < 4.78 is 15.9. The van der Waals surface area contributed by atoms with Gasteiger partial charge in [-0.15, -0.1) is 0 Å². The van der Waals surface area contributed by atoms with E-state index in [0.717, 1.165) is 93.7 Å². The minimum atomic E-state index is -0.679. The Balaban J connectivity index is 0.000000674. The van der Waals surface area contributed by atoms with Crippen molar-refractivity contribution < 1.29 is 58.3 Å². The maximum absolute atomic E-state index is 11.8. The van der Waals surface area contributed by atoms with E-state index in [2.05, 4.69) is 0 Å². The molecular formula is C75H120O12. The van der Waals surface area contributed by atoms with Crippen LogP contribution in [0.3, 0.4) is 0 Å². The average molecular weight is 1210 g/mol. The molecule has 0 saturated heterocycles. The highest BCUT2D eigenvalue weighted by Gasteiger charge is 2.07. The number of ether oxygens (including phenoxy) is 3. The molecule has 0 spiro atoms. The fourth-order valence-corrected chi connectivity index (χ4v) is 10.4. The Kier molecular flexibility index (Phi) is 56.7. The predicted octanol–water partition coefficient (Wildman–Crippen LogP) is 21.2. The average Bonchev–Trinajstić information content (AvgIpc) is 3.53. The Morgan fingerprint density at radius 2 is 0.345 bits per heavy atom. The number of carboxylic acid groups (broad SMARTS) is 3. The zero-order valence-corrected chi connectivity index (χ0v) is 54.2. The van der Waals surface area contributed by atoms with E-state index in [1.807, 2.05) is 91.0 Å². The summed E-state index contributed by atoms with van der Waals surface area (Å²) in [4.78, 5) is 66.4. The minimum absolute atomic E-state index is 0.0832. The van der Waals surface area contributed by atoms with E-state index in [1.54, 1.807) is 0 Å². The lowest BCUT2D eigenvalue weighted by molar-refractivity contribution is -0.146. The van der Waals surface area contributed by atoms with Crippen molar-refractivity contribution in [3.63, 3.8) is 0 Å². The number of rotatable bonds is 57. The molecule has 0 aliphatic carbocycles. The number of benzene rings is 3. The molecular weight excluding hydrogens is 1090 g/mol. The van der Waals surface area contributed by atoms with Gasteiger partial charge in [-0.1, -0.05) is 322 Å². The molecule has 12 nitrogen and oxygen atoms in total. The van der Waals surface area contributed by atoms with Gasteiger partial charge in [-0.2, -0.15) is 0 Å². The van der Waals surface area contributed by atoms with E-state index in [0.29, 0.717) is 58.3 Å². The van der Waals surface area contributed by atoms with E-state index >= 15 is 0 Å². The highest BCUT2D eigenvalue weighted by molar-refractivity contribution is 5.70. The first kappa shape index (κ1) is 79.5. The SMILES string of the molecule is O=C(CCCCCCCCCCCCCCCCC(=O)OCc1ccccc1)OCc1ccccc1.O=C(O)CCCCCCCCCCCCCCCCC(=O)O.O=C(O)CCCCCCCCCCCCCCCCC(=O)OCc1ccccc1. The molecule has 0 aliphatic heterocycles. The Morgan fingerprint density at radius 3 is 0.494 bits per heavy atom. The number of carbonyl (C=O) groups excluding carboxylic acids is 3. The second-order valence-corrected chi connectivity index (χ2v) is 24.0. The van der Waals surface area contributed by atoms with E-state index in [4.69, 9.17) is 29.5 Å². The zero-order chi connectivity index (χ0) is 63.0. The highest BCUT2D eigenvalue weighted by Crippen LogP contribution is 2.18. The fraction of sp³-hybridized carbons (Fsp3) is 0.680. The summed E-state index contributed by atoms with van der Waals surface area (Å²) in [7, 11) is 0. The van der Waals surface area contributed by atoms with Gasteiger partial charge < -0.3 is 29.5 Å². The third kappa shape index (κ3) is 60.5. The van der Waals surface area contributed by atoms with Crippen molar-refractivity contribution in [3.05, 3.63) is 108 Å². The molecule has 492 valence electrons. The van der Waals surface area contributed by atoms with Crippen molar-refractivity contribution >= 4 is 35.8 Å². The first-order chi connectivity index (χ1) is 42.5. The number of aliphatic carboxylic acids is 3. The lowest BCUT2D eigenvalue weighted by Crippen LogP contribution is -2.04. The van der Waals surface area contributed by atoms with Crippen LogP contribution in [0.15, 0.2) is 91.0 Å². The summed E-state index contributed by atoms with van der Waals surface area (Å²) in [6, 6.07) is 29.5. The molecule has 0 heterocycles. The summed E-state index contributed by atoms with van der Waals surface area (Å²) >= 11 is 0. The molecule has 3 aromatic carbocycles. The van der Waals surface area contributed by atoms with Gasteiger partial charge in [-0.3, -0.25) is 28.8 Å². The second-order valence-electron chi connectivity index (χ2n) is 24.0. The van der Waals surface area contributed by atoms with Gasteiger partial charge in [-0.05, 0) is 55.2 Å². The molecule has 0 unspecified atom stereocenters. The maximum atomic E-state index is 11.8. The van der Waals surface area contributed by atoms with Crippen LogP contribution in [0.1, 0.15) is 325 Å². The Labute approximate surface area is 527 Å². The molecule has 0 bridgehead atoms. The number of unbranched alkanes of at least 4 members (excludes halogenated alkanes) is 39. The smallest absolute Gasteiger partial charge is 0.306 e. The van der Waals surface area contributed by atoms with E-state index in [9.17, 15) is 28.8 Å². The number of carbonyl (C=O) groups is 6. The van der Waals surface area contributed by atoms with Crippen LogP contribution in [0, 0.1) is 0 Å². The number of carboxylic acids is 3. The third-order valence-corrected chi connectivity index (χ3v) is 15.8. The molecule has 3 N–H and O–H groups in total. The van der Waals surface area contributed by atoms with Crippen molar-refractivity contribution in [2.45, 2.75) is 328 Å². The van der Waals surface area contributed by atoms with Gasteiger partial charge in [0.2, 0.25) is 0 Å². The summed E-state index contributed by atoms with van der Waals surface area (Å²) in [5, 5.41) is 25.6. The van der Waals surface area contributed by atoms with Crippen LogP contribution >= 0.6 is 0 Å². The summed E-state index contributed by atoms with van der Waals surface area (Å²) in [6.07, 6.45) is 52.6. The minimum Gasteiger partial charge on any atom is -0.481 e. The summed E-state index contributed by atoms with van der Waals surface area (Å²) in [5.74, 6) is -2.29. The maximum Gasteiger partial charge on any atom is 0.306 e. The monoisotopic (exact) mass is 1210 g/mol. The van der Waals surface area contributed by atoms with E-state index in [1.165, 1.54) is 193 Å². The van der Waals surface area contributed by atoms with Gasteiger partial charge in [0.1, 0.15) is 19.8 Å². The predicted molar refractivity (Wildman–Crippen MR) is 353 cm³/mol.